The van der Waals surface area contributed by atoms with Crippen LogP contribution in [0.15, 0.2) is 75.0 Å². The predicted octanol–water partition coefficient (Wildman–Crippen LogP) is 3.39. The molecular formula is C24H24ClN5O3. The van der Waals surface area contributed by atoms with E-state index in [2.05, 4.69) is 10.6 Å². The molecule has 2 aromatic heterocycles. The molecule has 0 amide bonds. The van der Waals surface area contributed by atoms with Gasteiger partial charge in [0.15, 0.2) is 0 Å². The van der Waals surface area contributed by atoms with Crippen LogP contribution in [0.2, 0.25) is 0 Å². The van der Waals surface area contributed by atoms with Gasteiger partial charge in [-0.1, -0.05) is 18.2 Å². The highest BCUT2D eigenvalue weighted by Gasteiger charge is 2.30. The van der Waals surface area contributed by atoms with Crippen LogP contribution in [0.3, 0.4) is 0 Å². The van der Waals surface area contributed by atoms with Crippen LogP contribution >= 0.6 is 12.4 Å². The summed E-state index contributed by atoms with van der Waals surface area (Å²) < 4.78 is 4.15. The molecule has 0 unspecified atom stereocenters. The van der Waals surface area contributed by atoms with Gasteiger partial charge in [-0.05, 0) is 49.2 Å². The van der Waals surface area contributed by atoms with Gasteiger partial charge < -0.3 is 10.6 Å². The van der Waals surface area contributed by atoms with E-state index in [1.807, 2.05) is 49.5 Å². The maximum absolute atomic E-state index is 13.6. The van der Waals surface area contributed by atoms with Gasteiger partial charge in [-0.25, -0.2) is 9.36 Å². The molecule has 0 aliphatic heterocycles. The summed E-state index contributed by atoms with van der Waals surface area (Å²) in [5.41, 5.74) is 1.79. The molecule has 1 aliphatic rings. The summed E-state index contributed by atoms with van der Waals surface area (Å²) in [6.45, 7) is 0. The molecule has 2 heterocycles. The van der Waals surface area contributed by atoms with Crippen LogP contribution in [-0.2, 0) is 7.05 Å². The van der Waals surface area contributed by atoms with Gasteiger partial charge >= 0.3 is 5.69 Å². The molecule has 8 nitrogen and oxygen atoms in total. The number of aromatic nitrogens is 3. The van der Waals surface area contributed by atoms with Crippen molar-refractivity contribution in [1.82, 2.24) is 13.7 Å². The molecule has 33 heavy (non-hydrogen) atoms. The summed E-state index contributed by atoms with van der Waals surface area (Å²) >= 11 is 0. The molecular weight excluding hydrogens is 442 g/mol. The van der Waals surface area contributed by atoms with Gasteiger partial charge in [0.25, 0.3) is 11.1 Å². The van der Waals surface area contributed by atoms with Crippen LogP contribution in [0, 0.1) is 0 Å². The number of anilines is 3. The maximum Gasteiger partial charge on any atom is 0.337 e. The molecule has 0 radical (unpaired) electrons. The zero-order chi connectivity index (χ0) is 22.4. The highest BCUT2D eigenvalue weighted by molar-refractivity contribution is 5.91. The monoisotopic (exact) mass is 465 g/mol. The Morgan fingerprint density at radius 3 is 2.15 bits per heavy atom. The first-order valence-corrected chi connectivity index (χ1v) is 10.5. The minimum Gasteiger partial charge on any atom is -0.388 e. The third kappa shape index (κ3) is 3.82. The number of aryl methyl sites for hydroxylation is 1. The van der Waals surface area contributed by atoms with Crippen molar-refractivity contribution >= 4 is 40.5 Å². The smallest absolute Gasteiger partial charge is 0.337 e. The second kappa shape index (κ2) is 8.63. The molecule has 5 rings (SSSR count). The normalized spacial score (nSPS) is 12.9. The molecule has 2 N–H and O–H groups in total. The Morgan fingerprint density at radius 1 is 0.909 bits per heavy atom. The van der Waals surface area contributed by atoms with E-state index in [4.69, 9.17) is 0 Å². The summed E-state index contributed by atoms with van der Waals surface area (Å²) in [5.74, 6) is 0. The summed E-state index contributed by atoms with van der Waals surface area (Å²) in [6.07, 6.45) is 1.57. The number of rotatable bonds is 5. The molecule has 0 spiro atoms. The van der Waals surface area contributed by atoms with E-state index in [0.29, 0.717) is 16.8 Å². The largest absolute Gasteiger partial charge is 0.388 e. The van der Waals surface area contributed by atoms with Gasteiger partial charge in [-0.15, -0.1) is 12.4 Å². The van der Waals surface area contributed by atoms with Gasteiger partial charge in [0.2, 0.25) is 0 Å². The average Bonchev–Trinajstić information content (AvgIpc) is 3.63. The van der Waals surface area contributed by atoms with Crippen LogP contribution in [-0.4, -0.2) is 20.7 Å². The summed E-state index contributed by atoms with van der Waals surface area (Å²) in [6, 6.07) is 17.9. The molecule has 9 heteroatoms. The molecule has 2 aromatic carbocycles. The Labute approximate surface area is 195 Å². The standard InChI is InChI=1S/C24H23N5O3.ClH/c1-25-15-8-10-16(11-9-15)26-19-14-20(30)27(2)22-21(19)23(31)29(18-12-13-18)24(32)28(22)17-6-4-3-5-7-17;/h3-11,14,18,25-26H,12-13H2,1-2H3;1H. The number of halogens is 1. The fraction of sp³-hybridized carbons (Fsp3) is 0.208. The lowest BCUT2D eigenvalue weighted by Crippen LogP contribution is -2.41. The van der Waals surface area contributed by atoms with Crippen molar-refractivity contribution in [2.24, 2.45) is 7.05 Å². The van der Waals surface area contributed by atoms with Gasteiger partial charge in [-0.3, -0.25) is 18.7 Å². The Balaban J connectivity index is 0.00000259. The zero-order valence-corrected chi connectivity index (χ0v) is 19.1. The van der Waals surface area contributed by atoms with Crippen LogP contribution in [0.1, 0.15) is 18.9 Å². The van der Waals surface area contributed by atoms with E-state index < -0.39 is 5.69 Å². The third-order valence-corrected chi connectivity index (χ3v) is 5.83. The number of hydrogen-bond donors (Lipinski definition) is 2. The molecule has 170 valence electrons. The Morgan fingerprint density at radius 2 is 1.55 bits per heavy atom. The fourth-order valence-corrected chi connectivity index (χ4v) is 4.00. The van der Waals surface area contributed by atoms with Crippen molar-refractivity contribution in [2.75, 3.05) is 17.7 Å². The van der Waals surface area contributed by atoms with Crippen molar-refractivity contribution in [3.05, 3.63) is 91.9 Å². The van der Waals surface area contributed by atoms with Crippen molar-refractivity contribution in [3.63, 3.8) is 0 Å². The number of benzene rings is 2. The number of para-hydroxylation sites is 1. The van der Waals surface area contributed by atoms with Gasteiger partial charge in [-0.2, -0.15) is 0 Å². The van der Waals surface area contributed by atoms with E-state index in [0.717, 1.165) is 24.2 Å². The SMILES string of the molecule is CNc1ccc(Nc2cc(=O)n(C)c3c2c(=O)n(C2CC2)c(=O)n3-c2ccccc2)cc1.Cl. The van der Waals surface area contributed by atoms with Gasteiger partial charge in [0.05, 0.1) is 11.4 Å². The fourth-order valence-electron chi connectivity index (χ4n) is 4.00. The lowest BCUT2D eigenvalue weighted by atomic mass is 10.2. The average molecular weight is 466 g/mol. The minimum absolute atomic E-state index is 0. The zero-order valence-electron chi connectivity index (χ0n) is 18.2. The molecule has 0 atom stereocenters. The number of pyridine rings is 1. The number of nitrogens with zero attached hydrogens (tertiary/aromatic N) is 3. The number of fused-ring (bicyclic) bond motifs is 1. The van der Waals surface area contributed by atoms with E-state index >= 15 is 0 Å². The lowest BCUT2D eigenvalue weighted by Gasteiger charge is -2.18. The number of nitrogens with one attached hydrogen (secondary N) is 2. The quantitative estimate of drug-likeness (QED) is 0.471. The molecule has 0 bridgehead atoms. The van der Waals surface area contributed by atoms with Gasteiger partial charge in [0, 0.05) is 37.6 Å². The highest BCUT2D eigenvalue weighted by Crippen LogP contribution is 2.33. The van der Waals surface area contributed by atoms with E-state index in [-0.39, 0.29) is 35.2 Å². The Hall–Kier alpha value is -3.78. The molecule has 4 aromatic rings. The molecule has 1 fully saturated rings. The van der Waals surface area contributed by atoms with Crippen molar-refractivity contribution in [2.45, 2.75) is 18.9 Å². The molecule has 1 aliphatic carbocycles. The second-order valence-corrected chi connectivity index (χ2v) is 7.97. The first-order chi connectivity index (χ1) is 15.5. The van der Waals surface area contributed by atoms with Crippen LogP contribution in [0.4, 0.5) is 17.1 Å². The lowest BCUT2D eigenvalue weighted by molar-refractivity contribution is 0.637. The van der Waals surface area contributed by atoms with E-state index in [1.165, 1.54) is 19.8 Å². The van der Waals surface area contributed by atoms with Crippen molar-refractivity contribution < 1.29 is 0 Å². The van der Waals surface area contributed by atoms with Crippen molar-refractivity contribution in [3.8, 4) is 5.69 Å². The predicted molar refractivity (Wildman–Crippen MR) is 134 cm³/mol. The second-order valence-electron chi connectivity index (χ2n) is 7.97. The topological polar surface area (TPSA) is 90.1 Å². The number of hydrogen-bond acceptors (Lipinski definition) is 5. The van der Waals surface area contributed by atoms with E-state index in [9.17, 15) is 14.4 Å². The molecule has 0 saturated heterocycles. The summed E-state index contributed by atoms with van der Waals surface area (Å²) in [7, 11) is 3.41. The Bertz CT molecular complexity index is 1500. The maximum atomic E-state index is 13.6. The van der Waals surface area contributed by atoms with Crippen LogP contribution in [0.5, 0.6) is 0 Å². The summed E-state index contributed by atoms with van der Waals surface area (Å²) in [4.78, 5) is 39.9. The first-order valence-electron chi connectivity index (χ1n) is 10.5. The highest BCUT2D eigenvalue weighted by atomic mass is 35.5. The van der Waals surface area contributed by atoms with Crippen molar-refractivity contribution in [1.29, 1.82) is 0 Å². The first kappa shape index (κ1) is 22.4. The van der Waals surface area contributed by atoms with Crippen LogP contribution in [0.25, 0.3) is 16.7 Å². The minimum atomic E-state index is -0.429. The third-order valence-electron chi connectivity index (χ3n) is 5.83. The van der Waals surface area contributed by atoms with Crippen LogP contribution < -0.4 is 27.4 Å². The molecule has 1 saturated carbocycles. The van der Waals surface area contributed by atoms with Gasteiger partial charge in [0.1, 0.15) is 11.0 Å². The Kier molecular flexibility index (Phi) is 5.86. The summed E-state index contributed by atoms with van der Waals surface area (Å²) in [5, 5.41) is 6.59. The van der Waals surface area contributed by atoms with E-state index in [1.54, 1.807) is 19.2 Å².